The van der Waals surface area contributed by atoms with Gasteiger partial charge in [-0.1, -0.05) is 5.92 Å². The van der Waals surface area contributed by atoms with Crippen LogP contribution in [0, 0.1) is 12.3 Å². The summed E-state index contributed by atoms with van der Waals surface area (Å²) < 4.78 is 5.34. The Bertz CT molecular complexity index is 493. The molecule has 1 aromatic rings. The van der Waals surface area contributed by atoms with E-state index in [1.807, 2.05) is 6.07 Å². The monoisotopic (exact) mass is 273 g/mol. The summed E-state index contributed by atoms with van der Waals surface area (Å²) in [5.41, 5.74) is 0.506. The van der Waals surface area contributed by atoms with Gasteiger partial charge in [0, 0.05) is 19.3 Å². The van der Waals surface area contributed by atoms with Crippen LogP contribution in [0.5, 0.6) is 0 Å². The minimum Gasteiger partial charge on any atom is -0.381 e. The van der Waals surface area contributed by atoms with Crippen molar-refractivity contribution in [3.05, 3.63) is 23.9 Å². The van der Waals surface area contributed by atoms with E-state index in [0.29, 0.717) is 17.7 Å². The highest BCUT2D eigenvalue weighted by atomic mass is 16.5. The highest BCUT2D eigenvalue weighted by Crippen LogP contribution is 2.24. The number of hydrogen-bond donors (Lipinski definition) is 2. The van der Waals surface area contributed by atoms with Crippen LogP contribution in [0.25, 0.3) is 0 Å². The molecule has 1 aliphatic carbocycles. The van der Waals surface area contributed by atoms with Crippen molar-refractivity contribution >= 4 is 11.7 Å². The molecule has 2 unspecified atom stereocenters. The number of terminal acetylenes is 1. The molecule has 0 saturated heterocycles. The summed E-state index contributed by atoms with van der Waals surface area (Å²) >= 11 is 0. The van der Waals surface area contributed by atoms with Crippen LogP contribution in [-0.2, 0) is 4.74 Å². The third-order valence-electron chi connectivity index (χ3n) is 3.45. The molecule has 0 radical (unpaired) electrons. The van der Waals surface area contributed by atoms with E-state index in [-0.39, 0.29) is 12.5 Å². The van der Waals surface area contributed by atoms with E-state index < -0.39 is 0 Å². The number of ether oxygens (including phenoxy) is 1. The Morgan fingerprint density at radius 2 is 2.40 bits per heavy atom. The first kappa shape index (κ1) is 14.4. The molecule has 2 rings (SSSR count). The molecule has 0 bridgehead atoms. The molecule has 0 aliphatic heterocycles. The predicted molar refractivity (Wildman–Crippen MR) is 77.5 cm³/mol. The summed E-state index contributed by atoms with van der Waals surface area (Å²) in [6, 6.07) is 3.93. The van der Waals surface area contributed by atoms with Crippen molar-refractivity contribution in [2.75, 3.05) is 19.0 Å². The lowest BCUT2D eigenvalue weighted by Gasteiger charge is -2.13. The molecule has 5 nitrogen and oxygen atoms in total. The number of pyridine rings is 1. The van der Waals surface area contributed by atoms with Crippen LogP contribution in [0.4, 0.5) is 5.82 Å². The SMILES string of the molecule is C#CCNC(=O)c1ccc(NC2CCC(OC)C2)nc1. The largest absolute Gasteiger partial charge is 0.381 e. The van der Waals surface area contributed by atoms with E-state index in [4.69, 9.17) is 11.2 Å². The number of amides is 1. The third-order valence-corrected chi connectivity index (χ3v) is 3.45. The number of methoxy groups -OCH3 is 1. The van der Waals surface area contributed by atoms with E-state index >= 15 is 0 Å². The molecule has 1 aromatic heterocycles. The fourth-order valence-electron chi connectivity index (χ4n) is 2.34. The number of nitrogens with zero attached hydrogens (tertiary/aromatic N) is 1. The molecule has 5 heteroatoms. The van der Waals surface area contributed by atoms with Crippen molar-refractivity contribution in [1.29, 1.82) is 0 Å². The van der Waals surface area contributed by atoms with Crippen molar-refractivity contribution in [3.63, 3.8) is 0 Å². The highest BCUT2D eigenvalue weighted by Gasteiger charge is 2.24. The maximum absolute atomic E-state index is 11.7. The lowest BCUT2D eigenvalue weighted by Crippen LogP contribution is -2.24. The third kappa shape index (κ3) is 3.72. The Kier molecular flexibility index (Phi) is 4.97. The Balaban J connectivity index is 1.89. The van der Waals surface area contributed by atoms with Gasteiger partial charge in [-0.3, -0.25) is 4.79 Å². The van der Waals surface area contributed by atoms with E-state index in [9.17, 15) is 4.79 Å². The smallest absolute Gasteiger partial charge is 0.253 e. The van der Waals surface area contributed by atoms with Gasteiger partial charge >= 0.3 is 0 Å². The second-order valence-electron chi connectivity index (χ2n) is 4.83. The molecule has 1 amide bonds. The van der Waals surface area contributed by atoms with Gasteiger partial charge in [0.05, 0.1) is 18.2 Å². The Morgan fingerprint density at radius 3 is 3.00 bits per heavy atom. The predicted octanol–water partition coefficient (Wildman–Crippen LogP) is 1.42. The molecule has 1 heterocycles. The molecule has 1 aliphatic rings. The number of anilines is 1. The van der Waals surface area contributed by atoms with E-state index in [0.717, 1.165) is 25.1 Å². The van der Waals surface area contributed by atoms with Gasteiger partial charge in [-0.25, -0.2) is 4.98 Å². The molecule has 2 atom stereocenters. The zero-order valence-electron chi connectivity index (χ0n) is 11.6. The lowest BCUT2D eigenvalue weighted by molar-refractivity contribution is 0.0958. The maximum atomic E-state index is 11.7. The Labute approximate surface area is 119 Å². The summed E-state index contributed by atoms with van der Waals surface area (Å²) in [6.45, 7) is 0.222. The molecule has 2 N–H and O–H groups in total. The summed E-state index contributed by atoms with van der Waals surface area (Å²) in [5.74, 6) is 2.93. The number of rotatable bonds is 5. The first-order chi connectivity index (χ1) is 9.72. The minimum atomic E-state index is -0.206. The van der Waals surface area contributed by atoms with Gasteiger partial charge in [-0.15, -0.1) is 6.42 Å². The Hall–Kier alpha value is -2.06. The van der Waals surface area contributed by atoms with Gasteiger partial charge in [0.1, 0.15) is 5.82 Å². The van der Waals surface area contributed by atoms with Crippen molar-refractivity contribution in [3.8, 4) is 12.3 Å². The first-order valence-electron chi connectivity index (χ1n) is 6.70. The number of hydrogen-bond acceptors (Lipinski definition) is 4. The molecule has 0 spiro atoms. The van der Waals surface area contributed by atoms with Gasteiger partial charge in [-0.05, 0) is 31.4 Å². The van der Waals surface area contributed by atoms with Crippen molar-refractivity contribution in [2.24, 2.45) is 0 Å². The van der Waals surface area contributed by atoms with Crippen LogP contribution in [0.15, 0.2) is 18.3 Å². The number of nitrogens with one attached hydrogen (secondary N) is 2. The maximum Gasteiger partial charge on any atom is 0.253 e. The van der Waals surface area contributed by atoms with Crippen molar-refractivity contribution in [2.45, 2.75) is 31.4 Å². The molecular weight excluding hydrogens is 254 g/mol. The molecule has 20 heavy (non-hydrogen) atoms. The molecule has 1 fully saturated rings. The molecule has 1 saturated carbocycles. The summed E-state index contributed by atoms with van der Waals surface area (Å²) in [7, 11) is 1.74. The number of carbonyl (C=O) groups is 1. The minimum absolute atomic E-state index is 0.206. The van der Waals surface area contributed by atoms with Gasteiger partial charge in [0.2, 0.25) is 0 Å². The first-order valence-corrected chi connectivity index (χ1v) is 6.70. The van der Waals surface area contributed by atoms with Gasteiger partial charge in [-0.2, -0.15) is 0 Å². The molecule has 106 valence electrons. The summed E-state index contributed by atoms with van der Waals surface area (Å²) in [4.78, 5) is 15.9. The van der Waals surface area contributed by atoms with Crippen molar-refractivity contribution in [1.82, 2.24) is 10.3 Å². The fraction of sp³-hybridized carbons (Fsp3) is 0.467. The van der Waals surface area contributed by atoms with E-state index in [1.54, 1.807) is 19.4 Å². The highest BCUT2D eigenvalue weighted by molar-refractivity contribution is 5.94. The van der Waals surface area contributed by atoms with Gasteiger partial charge < -0.3 is 15.4 Å². The van der Waals surface area contributed by atoms with Crippen molar-refractivity contribution < 1.29 is 9.53 Å². The van der Waals surface area contributed by atoms with E-state index in [1.165, 1.54) is 0 Å². The normalized spacial score (nSPS) is 21.2. The standard InChI is InChI=1S/C15H19N3O2/c1-3-8-16-15(19)11-4-7-14(17-10-11)18-12-5-6-13(9-12)20-2/h1,4,7,10,12-13H,5-6,8-9H2,2H3,(H,16,19)(H,17,18). The zero-order chi connectivity index (χ0) is 14.4. The average molecular weight is 273 g/mol. The second kappa shape index (κ2) is 6.92. The van der Waals surface area contributed by atoms with E-state index in [2.05, 4.69) is 21.5 Å². The quantitative estimate of drug-likeness (QED) is 0.797. The van der Waals surface area contributed by atoms with Gasteiger partial charge in [0.25, 0.3) is 5.91 Å². The van der Waals surface area contributed by atoms with Crippen LogP contribution >= 0.6 is 0 Å². The summed E-state index contributed by atoms with van der Waals surface area (Å²) in [6.07, 6.45) is 10.1. The number of aromatic nitrogens is 1. The Morgan fingerprint density at radius 1 is 1.55 bits per heavy atom. The van der Waals surface area contributed by atoms with Crippen LogP contribution in [0.2, 0.25) is 0 Å². The zero-order valence-corrected chi connectivity index (χ0v) is 11.6. The molecular formula is C15H19N3O2. The fourth-order valence-corrected chi connectivity index (χ4v) is 2.34. The lowest BCUT2D eigenvalue weighted by atomic mass is 10.2. The van der Waals surface area contributed by atoms with Crippen LogP contribution in [0.1, 0.15) is 29.6 Å². The second-order valence-corrected chi connectivity index (χ2v) is 4.83. The van der Waals surface area contributed by atoms with Crippen LogP contribution in [0.3, 0.4) is 0 Å². The van der Waals surface area contributed by atoms with Crippen LogP contribution in [-0.4, -0.2) is 36.7 Å². The summed E-state index contributed by atoms with van der Waals surface area (Å²) in [5, 5.41) is 5.96. The van der Waals surface area contributed by atoms with Gasteiger partial charge in [0.15, 0.2) is 0 Å². The van der Waals surface area contributed by atoms with Crippen LogP contribution < -0.4 is 10.6 Å². The topological polar surface area (TPSA) is 63.2 Å². The number of carbonyl (C=O) groups excluding carboxylic acids is 1. The molecule has 0 aromatic carbocycles. The average Bonchev–Trinajstić information content (AvgIpc) is 2.93.